The lowest BCUT2D eigenvalue weighted by atomic mass is 9.91. The number of aromatic amines is 2. The maximum absolute atomic E-state index is 14.3. The van der Waals surface area contributed by atoms with Crippen molar-refractivity contribution in [3.8, 4) is 11.4 Å². The van der Waals surface area contributed by atoms with Crippen molar-refractivity contribution in [3.63, 3.8) is 0 Å². The number of piperidine rings is 1. The Morgan fingerprint density at radius 3 is 2.70 bits per heavy atom. The number of halogens is 3. The van der Waals surface area contributed by atoms with Crippen LogP contribution in [-0.4, -0.2) is 45.0 Å². The van der Waals surface area contributed by atoms with E-state index in [1.807, 2.05) is 12.1 Å². The summed E-state index contributed by atoms with van der Waals surface area (Å²) in [5.74, 6) is -4.61. The molecular formula is C19H17F3N4O. The minimum atomic E-state index is -3.02. The Bertz CT molecular complexity index is 934. The highest BCUT2D eigenvalue weighted by molar-refractivity contribution is 5.94. The quantitative estimate of drug-likeness (QED) is 0.732. The molecule has 0 spiro atoms. The zero-order valence-corrected chi connectivity index (χ0v) is 14.3. The van der Waals surface area contributed by atoms with Crippen LogP contribution < -0.4 is 0 Å². The Kier molecular flexibility index (Phi) is 4.25. The monoisotopic (exact) mass is 374 g/mol. The number of aromatic nitrogens is 3. The Morgan fingerprint density at radius 2 is 2.00 bits per heavy atom. The van der Waals surface area contributed by atoms with Crippen molar-refractivity contribution >= 4 is 5.91 Å². The molecule has 1 unspecified atom stereocenters. The molecule has 2 aromatic heterocycles. The summed E-state index contributed by atoms with van der Waals surface area (Å²) in [4.78, 5) is 16.7. The number of H-pyrrole nitrogens is 2. The Balaban J connectivity index is 1.57. The summed E-state index contributed by atoms with van der Waals surface area (Å²) in [7, 11) is 0. The van der Waals surface area contributed by atoms with Gasteiger partial charge < -0.3 is 9.88 Å². The molecule has 1 fully saturated rings. The van der Waals surface area contributed by atoms with Gasteiger partial charge in [-0.3, -0.25) is 9.89 Å². The predicted octanol–water partition coefficient (Wildman–Crippen LogP) is 3.81. The van der Waals surface area contributed by atoms with Crippen LogP contribution in [0.2, 0.25) is 0 Å². The largest absolute Gasteiger partial charge is 0.360 e. The lowest BCUT2D eigenvalue weighted by Gasteiger charge is -2.37. The van der Waals surface area contributed by atoms with Gasteiger partial charge in [-0.25, -0.2) is 13.2 Å². The zero-order valence-electron chi connectivity index (χ0n) is 14.3. The molecule has 3 aromatic rings. The molecule has 1 aliphatic heterocycles. The van der Waals surface area contributed by atoms with Gasteiger partial charge in [0.2, 0.25) is 0 Å². The topological polar surface area (TPSA) is 64.8 Å². The normalized spacial score (nSPS) is 19.2. The molecule has 140 valence electrons. The first-order chi connectivity index (χ1) is 12.9. The van der Waals surface area contributed by atoms with Crippen molar-refractivity contribution in [1.82, 2.24) is 20.1 Å². The van der Waals surface area contributed by atoms with Gasteiger partial charge in [0.05, 0.1) is 12.2 Å². The fourth-order valence-electron chi connectivity index (χ4n) is 3.41. The van der Waals surface area contributed by atoms with Crippen molar-refractivity contribution in [3.05, 3.63) is 65.7 Å². The highest BCUT2D eigenvalue weighted by atomic mass is 19.3. The molecule has 1 atom stereocenters. The van der Waals surface area contributed by atoms with E-state index in [0.29, 0.717) is 11.4 Å². The van der Waals surface area contributed by atoms with Crippen molar-refractivity contribution in [1.29, 1.82) is 0 Å². The average Bonchev–Trinajstić information content (AvgIpc) is 3.32. The summed E-state index contributed by atoms with van der Waals surface area (Å²) in [6.07, 6.45) is 1.38. The van der Waals surface area contributed by atoms with E-state index in [9.17, 15) is 18.0 Å². The summed E-state index contributed by atoms with van der Waals surface area (Å²) in [5.41, 5.74) is 2.14. The molecule has 1 saturated heterocycles. The van der Waals surface area contributed by atoms with Crippen LogP contribution in [0.1, 0.15) is 28.4 Å². The van der Waals surface area contributed by atoms with Gasteiger partial charge in [0, 0.05) is 36.3 Å². The number of hydrogen-bond acceptors (Lipinski definition) is 2. The van der Waals surface area contributed by atoms with Gasteiger partial charge in [-0.15, -0.1) is 0 Å². The molecule has 0 bridgehead atoms. The lowest BCUT2D eigenvalue weighted by molar-refractivity contribution is -0.0638. The molecule has 5 nitrogen and oxygen atoms in total. The third-order valence-corrected chi connectivity index (χ3v) is 4.70. The number of hydrogen-bond donors (Lipinski definition) is 2. The Morgan fingerprint density at radius 1 is 1.22 bits per heavy atom. The van der Waals surface area contributed by atoms with Crippen LogP contribution in [0.4, 0.5) is 13.2 Å². The number of benzene rings is 1. The molecular weight excluding hydrogens is 357 g/mol. The van der Waals surface area contributed by atoms with Gasteiger partial charge in [0.1, 0.15) is 11.5 Å². The summed E-state index contributed by atoms with van der Waals surface area (Å²) in [6, 6.07) is 10.3. The number of nitrogens with zero attached hydrogens (tertiary/aromatic N) is 2. The number of likely N-dealkylation sites (tertiary alicyclic amines) is 1. The highest BCUT2D eigenvalue weighted by Gasteiger charge is 2.43. The molecule has 2 N–H and O–H groups in total. The minimum absolute atomic E-state index is 0.137. The van der Waals surface area contributed by atoms with E-state index < -0.39 is 30.1 Å². The van der Waals surface area contributed by atoms with Crippen LogP contribution in [0.5, 0.6) is 0 Å². The number of rotatable bonds is 3. The number of carbonyl (C=O) groups excluding carboxylic acids is 1. The summed E-state index contributed by atoms with van der Waals surface area (Å²) in [5, 5.41) is 6.99. The van der Waals surface area contributed by atoms with Crippen LogP contribution in [0.3, 0.4) is 0 Å². The number of alkyl halides is 2. The highest BCUT2D eigenvalue weighted by Crippen LogP contribution is 2.36. The molecule has 8 heteroatoms. The predicted molar refractivity (Wildman–Crippen MR) is 93.0 cm³/mol. The third-order valence-electron chi connectivity index (χ3n) is 4.70. The van der Waals surface area contributed by atoms with Crippen molar-refractivity contribution < 1.29 is 18.0 Å². The maximum Gasteiger partial charge on any atom is 0.266 e. The van der Waals surface area contributed by atoms with Crippen LogP contribution in [-0.2, 0) is 0 Å². The molecule has 1 amide bonds. The van der Waals surface area contributed by atoms with E-state index >= 15 is 0 Å². The van der Waals surface area contributed by atoms with E-state index in [1.165, 1.54) is 12.1 Å². The molecule has 4 rings (SSSR count). The van der Waals surface area contributed by atoms with Crippen LogP contribution in [0, 0.1) is 5.82 Å². The zero-order chi connectivity index (χ0) is 19.0. The van der Waals surface area contributed by atoms with Crippen molar-refractivity contribution in [2.24, 2.45) is 0 Å². The van der Waals surface area contributed by atoms with Gasteiger partial charge >= 0.3 is 0 Å². The first kappa shape index (κ1) is 17.4. The summed E-state index contributed by atoms with van der Waals surface area (Å²) < 4.78 is 41.7. The number of amides is 1. The second kappa shape index (κ2) is 6.61. The fraction of sp³-hybridized carbons (Fsp3) is 0.263. The van der Waals surface area contributed by atoms with E-state index in [2.05, 4.69) is 15.2 Å². The molecule has 0 aliphatic carbocycles. The number of carbonyl (C=O) groups is 1. The Labute approximate surface area is 153 Å². The smallest absolute Gasteiger partial charge is 0.266 e. The lowest BCUT2D eigenvalue weighted by Crippen LogP contribution is -2.48. The second-order valence-corrected chi connectivity index (χ2v) is 6.74. The van der Waals surface area contributed by atoms with E-state index in [0.717, 1.165) is 22.7 Å². The average molecular weight is 374 g/mol. The van der Waals surface area contributed by atoms with Crippen LogP contribution in [0.25, 0.3) is 11.4 Å². The van der Waals surface area contributed by atoms with E-state index in [4.69, 9.17) is 0 Å². The summed E-state index contributed by atoms with van der Waals surface area (Å²) >= 11 is 0. The Hall–Kier alpha value is -3.03. The fourth-order valence-corrected chi connectivity index (χ4v) is 3.41. The van der Waals surface area contributed by atoms with Crippen LogP contribution >= 0.6 is 0 Å². The molecule has 27 heavy (non-hydrogen) atoms. The van der Waals surface area contributed by atoms with E-state index in [1.54, 1.807) is 12.3 Å². The first-order valence-electron chi connectivity index (χ1n) is 8.53. The SMILES string of the molecule is O=C(c1ccc(F)cc1)N1CC(c2cc(-c3ccc[nH]3)n[nH]2)CC(F)(F)C1. The molecule has 0 saturated carbocycles. The van der Waals surface area contributed by atoms with Crippen molar-refractivity contribution in [2.75, 3.05) is 13.1 Å². The molecule has 1 aromatic carbocycles. The second-order valence-electron chi connectivity index (χ2n) is 6.74. The van der Waals surface area contributed by atoms with Gasteiger partial charge in [-0.2, -0.15) is 5.10 Å². The minimum Gasteiger partial charge on any atom is -0.360 e. The third kappa shape index (κ3) is 3.60. The maximum atomic E-state index is 14.3. The molecule has 0 radical (unpaired) electrons. The van der Waals surface area contributed by atoms with Gasteiger partial charge in [0.15, 0.2) is 0 Å². The van der Waals surface area contributed by atoms with Gasteiger partial charge in [-0.1, -0.05) is 0 Å². The van der Waals surface area contributed by atoms with Crippen molar-refractivity contribution in [2.45, 2.75) is 18.3 Å². The van der Waals surface area contributed by atoms with Crippen LogP contribution in [0.15, 0.2) is 48.7 Å². The molecule has 1 aliphatic rings. The molecule has 3 heterocycles. The van der Waals surface area contributed by atoms with Gasteiger partial charge in [-0.05, 0) is 42.5 Å². The standard InChI is InChI=1S/C19H17F3N4O/c20-14-5-3-12(4-6-14)18(27)26-10-13(9-19(21,22)11-26)16-8-17(25-24-16)15-2-1-7-23-15/h1-8,13,23H,9-11H2,(H,24,25). The summed E-state index contributed by atoms with van der Waals surface area (Å²) in [6.45, 7) is -0.518. The number of nitrogens with one attached hydrogen (secondary N) is 2. The van der Waals surface area contributed by atoms with Gasteiger partial charge in [0.25, 0.3) is 11.8 Å². The first-order valence-corrected chi connectivity index (χ1v) is 8.53. The van der Waals surface area contributed by atoms with E-state index in [-0.39, 0.29) is 18.5 Å².